The minimum atomic E-state index is -0.417. The first-order valence-corrected chi connectivity index (χ1v) is 5.57. The van der Waals surface area contributed by atoms with Gasteiger partial charge in [-0.25, -0.2) is 0 Å². The predicted molar refractivity (Wildman–Crippen MR) is 54.6 cm³/mol. The van der Waals surface area contributed by atoms with Crippen LogP contribution in [-0.4, -0.2) is 51.0 Å². The zero-order valence-electron chi connectivity index (χ0n) is 8.83. The van der Waals surface area contributed by atoms with Gasteiger partial charge in [-0.15, -0.1) is 0 Å². The lowest BCUT2D eigenvalue weighted by molar-refractivity contribution is -0.147. The van der Waals surface area contributed by atoms with Crippen molar-refractivity contribution in [3.8, 4) is 0 Å². The van der Waals surface area contributed by atoms with Crippen LogP contribution in [0.1, 0.15) is 12.8 Å². The second kappa shape index (κ2) is 5.44. The van der Waals surface area contributed by atoms with Crippen LogP contribution >= 0.6 is 0 Å². The van der Waals surface area contributed by atoms with Crippen LogP contribution in [-0.2, 0) is 14.3 Å². The smallest absolute Gasteiger partial charge is 0.251 e. The normalized spacial score (nSPS) is 26.3. The lowest BCUT2D eigenvalue weighted by atomic mass is 10.3. The first kappa shape index (κ1) is 10.9. The molecular weight excluding hydrogens is 196 g/mol. The van der Waals surface area contributed by atoms with E-state index >= 15 is 0 Å². The fourth-order valence-corrected chi connectivity index (χ4v) is 1.50. The minimum absolute atomic E-state index is 0.0627. The molecule has 2 N–H and O–H groups in total. The number of rotatable bonds is 5. The molecule has 2 aliphatic rings. The second-order valence-corrected chi connectivity index (χ2v) is 3.95. The molecule has 1 amide bonds. The van der Waals surface area contributed by atoms with Crippen LogP contribution < -0.4 is 10.6 Å². The molecule has 5 heteroatoms. The van der Waals surface area contributed by atoms with Crippen LogP contribution in [0.25, 0.3) is 0 Å². The molecule has 1 unspecified atom stereocenters. The predicted octanol–water partition coefficient (Wildman–Crippen LogP) is -0.730. The van der Waals surface area contributed by atoms with E-state index in [1.807, 2.05) is 0 Å². The summed E-state index contributed by atoms with van der Waals surface area (Å²) >= 11 is 0. The highest BCUT2D eigenvalue weighted by atomic mass is 16.6. The number of carbonyl (C=O) groups excluding carboxylic acids is 1. The largest absolute Gasteiger partial charge is 0.376 e. The number of hydrogen-bond acceptors (Lipinski definition) is 4. The van der Waals surface area contributed by atoms with E-state index in [2.05, 4.69) is 10.6 Å². The molecule has 0 aromatic carbocycles. The van der Waals surface area contributed by atoms with Gasteiger partial charge in [-0.3, -0.25) is 4.79 Å². The van der Waals surface area contributed by atoms with E-state index in [-0.39, 0.29) is 5.91 Å². The third kappa shape index (κ3) is 3.77. The van der Waals surface area contributed by atoms with Gasteiger partial charge in [0.2, 0.25) is 0 Å². The summed E-state index contributed by atoms with van der Waals surface area (Å²) in [5.74, 6) is -0.0627. The van der Waals surface area contributed by atoms with E-state index in [1.54, 1.807) is 0 Å². The Kier molecular flexibility index (Phi) is 3.94. The quantitative estimate of drug-likeness (QED) is 0.592. The SMILES string of the molecule is O=C(NCCNC1CC1)C1COCCO1. The van der Waals surface area contributed by atoms with Crippen molar-refractivity contribution < 1.29 is 14.3 Å². The van der Waals surface area contributed by atoms with Gasteiger partial charge in [-0.1, -0.05) is 0 Å². The standard InChI is InChI=1S/C10H18N2O3/c13-10(9-7-14-5-6-15-9)12-4-3-11-8-1-2-8/h8-9,11H,1-7H2,(H,12,13). The summed E-state index contributed by atoms with van der Waals surface area (Å²) in [6.45, 7) is 2.98. The topological polar surface area (TPSA) is 59.6 Å². The third-order valence-electron chi connectivity index (χ3n) is 2.54. The van der Waals surface area contributed by atoms with E-state index in [0.717, 1.165) is 6.54 Å². The highest BCUT2D eigenvalue weighted by molar-refractivity contribution is 5.80. The summed E-state index contributed by atoms with van der Waals surface area (Å²) in [5, 5.41) is 6.16. The summed E-state index contributed by atoms with van der Waals surface area (Å²) in [5.41, 5.74) is 0. The van der Waals surface area contributed by atoms with Gasteiger partial charge < -0.3 is 20.1 Å². The van der Waals surface area contributed by atoms with Gasteiger partial charge >= 0.3 is 0 Å². The number of amides is 1. The Morgan fingerprint density at radius 1 is 1.27 bits per heavy atom. The zero-order chi connectivity index (χ0) is 10.5. The van der Waals surface area contributed by atoms with E-state index in [0.29, 0.717) is 32.4 Å². The van der Waals surface area contributed by atoms with Gasteiger partial charge in [0.25, 0.3) is 5.91 Å². The lowest BCUT2D eigenvalue weighted by Crippen LogP contribution is -2.44. The molecule has 1 saturated heterocycles. The van der Waals surface area contributed by atoms with Crippen LogP contribution in [0, 0.1) is 0 Å². The van der Waals surface area contributed by atoms with Crippen molar-refractivity contribution in [3.05, 3.63) is 0 Å². The number of ether oxygens (including phenoxy) is 2. The van der Waals surface area contributed by atoms with E-state index in [1.165, 1.54) is 12.8 Å². The number of nitrogens with one attached hydrogen (secondary N) is 2. The van der Waals surface area contributed by atoms with E-state index in [4.69, 9.17) is 9.47 Å². The van der Waals surface area contributed by atoms with Crippen molar-refractivity contribution in [2.24, 2.45) is 0 Å². The monoisotopic (exact) mass is 214 g/mol. The van der Waals surface area contributed by atoms with Gasteiger partial charge in [0, 0.05) is 19.1 Å². The van der Waals surface area contributed by atoms with Crippen molar-refractivity contribution in [1.29, 1.82) is 0 Å². The van der Waals surface area contributed by atoms with E-state index < -0.39 is 6.10 Å². The molecule has 15 heavy (non-hydrogen) atoms. The molecule has 2 rings (SSSR count). The van der Waals surface area contributed by atoms with Crippen molar-refractivity contribution in [2.45, 2.75) is 25.0 Å². The second-order valence-electron chi connectivity index (χ2n) is 3.95. The van der Waals surface area contributed by atoms with Gasteiger partial charge in [0.05, 0.1) is 19.8 Å². The molecule has 0 radical (unpaired) electrons. The summed E-state index contributed by atoms with van der Waals surface area (Å²) in [6.07, 6.45) is 2.13. The Balaban J connectivity index is 1.54. The first-order chi connectivity index (χ1) is 7.36. The Hall–Kier alpha value is -0.650. The molecule has 0 spiro atoms. The molecule has 1 heterocycles. The molecule has 2 fully saturated rings. The first-order valence-electron chi connectivity index (χ1n) is 5.57. The van der Waals surface area contributed by atoms with E-state index in [9.17, 15) is 4.79 Å². The summed E-state index contributed by atoms with van der Waals surface area (Å²) < 4.78 is 10.4. The number of carbonyl (C=O) groups is 1. The fourth-order valence-electron chi connectivity index (χ4n) is 1.50. The van der Waals surface area contributed by atoms with Crippen molar-refractivity contribution >= 4 is 5.91 Å². The molecule has 1 aliphatic heterocycles. The summed E-state index contributed by atoms with van der Waals surface area (Å²) in [4.78, 5) is 11.5. The molecule has 0 aromatic rings. The molecule has 0 bridgehead atoms. The highest BCUT2D eigenvalue weighted by Crippen LogP contribution is 2.17. The van der Waals surface area contributed by atoms with Crippen LogP contribution in [0.15, 0.2) is 0 Å². The van der Waals surface area contributed by atoms with Crippen LogP contribution in [0.3, 0.4) is 0 Å². The van der Waals surface area contributed by atoms with Gasteiger partial charge in [0.15, 0.2) is 6.10 Å². The Bertz CT molecular complexity index is 213. The lowest BCUT2D eigenvalue weighted by Gasteiger charge is -2.22. The van der Waals surface area contributed by atoms with Crippen molar-refractivity contribution in [3.63, 3.8) is 0 Å². The van der Waals surface area contributed by atoms with Gasteiger partial charge in [0.1, 0.15) is 0 Å². The molecule has 5 nitrogen and oxygen atoms in total. The maximum Gasteiger partial charge on any atom is 0.251 e. The molecule has 1 atom stereocenters. The Morgan fingerprint density at radius 3 is 2.80 bits per heavy atom. The molecule has 0 aromatic heterocycles. The maximum atomic E-state index is 11.5. The highest BCUT2D eigenvalue weighted by Gasteiger charge is 2.23. The van der Waals surface area contributed by atoms with Crippen LogP contribution in [0.5, 0.6) is 0 Å². The average molecular weight is 214 g/mol. The molecular formula is C10H18N2O3. The zero-order valence-corrected chi connectivity index (χ0v) is 8.83. The van der Waals surface area contributed by atoms with Crippen molar-refractivity contribution in [2.75, 3.05) is 32.9 Å². The van der Waals surface area contributed by atoms with Gasteiger partial charge in [-0.2, -0.15) is 0 Å². The van der Waals surface area contributed by atoms with Crippen LogP contribution in [0.2, 0.25) is 0 Å². The molecule has 1 aliphatic carbocycles. The Morgan fingerprint density at radius 2 is 2.13 bits per heavy atom. The van der Waals surface area contributed by atoms with Gasteiger partial charge in [-0.05, 0) is 12.8 Å². The third-order valence-corrected chi connectivity index (χ3v) is 2.54. The molecule has 86 valence electrons. The number of hydrogen-bond donors (Lipinski definition) is 2. The minimum Gasteiger partial charge on any atom is -0.376 e. The maximum absolute atomic E-state index is 11.5. The van der Waals surface area contributed by atoms with Crippen molar-refractivity contribution in [1.82, 2.24) is 10.6 Å². The molecule has 1 saturated carbocycles. The average Bonchev–Trinajstić information content (AvgIpc) is 3.09. The Labute approximate surface area is 89.5 Å². The van der Waals surface area contributed by atoms with Crippen LogP contribution in [0.4, 0.5) is 0 Å². The summed E-state index contributed by atoms with van der Waals surface area (Å²) in [7, 11) is 0. The fraction of sp³-hybridized carbons (Fsp3) is 0.900. The summed E-state index contributed by atoms with van der Waals surface area (Å²) in [6, 6.07) is 0.691.